The van der Waals surface area contributed by atoms with E-state index in [1.807, 2.05) is 0 Å². The number of urea groups is 1. The highest BCUT2D eigenvalue weighted by Gasteiger charge is 2.17. The number of nitrogens with zero attached hydrogens (tertiary/aromatic N) is 1. The summed E-state index contributed by atoms with van der Waals surface area (Å²) in [5, 5.41) is 11.5. The third-order valence-corrected chi connectivity index (χ3v) is 2.96. The molecule has 22 heavy (non-hydrogen) atoms. The SMILES string of the molecule is CCOC(=O)c1ccc(NC(=O)N(C)CC(C)C(=O)O)cc1. The van der Waals surface area contributed by atoms with Gasteiger partial charge >= 0.3 is 18.0 Å². The number of carbonyl (C=O) groups is 3. The Morgan fingerprint density at radius 1 is 1.27 bits per heavy atom. The van der Waals surface area contributed by atoms with Crippen LogP contribution < -0.4 is 5.32 Å². The Labute approximate surface area is 128 Å². The Bertz CT molecular complexity index is 541. The average Bonchev–Trinajstić information content (AvgIpc) is 2.47. The Kier molecular flexibility index (Phi) is 6.37. The number of ether oxygens (including phenoxy) is 1. The minimum absolute atomic E-state index is 0.0993. The van der Waals surface area contributed by atoms with Crippen LogP contribution in [-0.4, -0.2) is 48.2 Å². The third kappa shape index (κ3) is 5.08. The molecule has 0 heterocycles. The van der Waals surface area contributed by atoms with Gasteiger partial charge in [0.1, 0.15) is 0 Å². The number of aliphatic carboxylic acids is 1. The van der Waals surface area contributed by atoms with Gasteiger partial charge in [0.2, 0.25) is 0 Å². The maximum atomic E-state index is 11.9. The molecule has 7 nitrogen and oxygen atoms in total. The lowest BCUT2D eigenvalue weighted by Crippen LogP contribution is -2.36. The van der Waals surface area contributed by atoms with Crippen LogP contribution in [0.3, 0.4) is 0 Å². The van der Waals surface area contributed by atoms with Gasteiger partial charge in [-0.05, 0) is 31.2 Å². The summed E-state index contributed by atoms with van der Waals surface area (Å²) in [4.78, 5) is 35.5. The van der Waals surface area contributed by atoms with E-state index >= 15 is 0 Å². The lowest BCUT2D eigenvalue weighted by molar-refractivity contribution is -0.141. The van der Waals surface area contributed by atoms with Crippen molar-refractivity contribution < 1.29 is 24.2 Å². The first-order valence-electron chi connectivity index (χ1n) is 6.87. The molecule has 0 radical (unpaired) electrons. The number of anilines is 1. The van der Waals surface area contributed by atoms with Crippen molar-refractivity contribution in [3.8, 4) is 0 Å². The molecule has 0 aromatic heterocycles. The second-order valence-electron chi connectivity index (χ2n) is 4.85. The van der Waals surface area contributed by atoms with Gasteiger partial charge in [-0.15, -0.1) is 0 Å². The largest absolute Gasteiger partial charge is 0.481 e. The maximum Gasteiger partial charge on any atom is 0.338 e. The predicted molar refractivity (Wildman–Crippen MR) is 80.8 cm³/mol. The molecular weight excluding hydrogens is 288 g/mol. The zero-order chi connectivity index (χ0) is 16.7. The zero-order valence-electron chi connectivity index (χ0n) is 12.8. The van der Waals surface area contributed by atoms with Gasteiger partial charge in [0.25, 0.3) is 0 Å². The topological polar surface area (TPSA) is 95.9 Å². The number of carboxylic acids is 1. The van der Waals surface area contributed by atoms with Crippen LogP contribution in [0.2, 0.25) is 0 Å². The van der Waals surface area contributed by atoms with Crippen molar-refractivity contribution in [1.82, 2.24) is 4.90 Å². The van der Waals surface area contributed by atoms with Crippen LogP contribution in [0.5, 0.6) is 0 Å². The first-order valence-corrected chi connectivity index (χ1v) is 6.87. The van der Waals surface area contributed by atoms with Gasteiger partial charge in [-0.25, -0.2) is 9.59 Å². The molecule has 0 aliphatic heterocycles. The van der Waals surface area contributed by atoms with E-state index in [0.29, 0.717) is 17.9 Å². The number of hydrogen-bond donors (Lipinski definition) is 2. The van der Waals surface area contributed by atoms with E-state index in [2.05, 4.69) is 5.32 Å². The molecule has 0 aliphatic rings. The van der Waals surface area contributed by atoms with Crippen molar-refractivity contribution >= 4 is 23.7 Å². The summed E-state index contributed by atoms with van der Waals surface area (Å²) in [6.45, 7) is 3.65. The van der Waals surface area contributed by atoms with Crippen LogP contribution in [0.1, 0.15) is 24.2 Å². The smallest absolute Gasteiger partial charge is 0.338 e. The normalized spacial score (nSPS) is 11.4. The van der Waals surface area contributed by atoms with E-state index in [0.717, 1.165) is 0 Å². The van der Waals surface area contributed by atoms with E-state index in [1.165, 1.54) is 18.9 Å². The van der Waals surface area contributed by atoms with Gasteiger partial charge in [-0.3, -0.25) is 4.79 Å². The number of carboxylic acid groups (broad SMARTS) is 1. The summed E-state index contributed by atoms with van der Waals surface area (Å²) in [5.74, 6) is -2.03. The van der Waals surface area contributed by atoms with Gasteiger partial charge < -0.3 is 20.1 Å². The molecule has 0 bridgehead atoms. The van der Waals surface area contributed by atoms with Gasteiger partial charge in [-0.1, -0.05) is 6.92 Å². The second-order valence-corrected chi connectivity index (χ2v) is 4.85. The monoisotopic (exact) mass is 308 g/mol. The highest BCUT2D eigenvalue weighted by atomic mass is 16.5. The van der Waals surface area contributed by atoms with Gasteiger partial charge in [-0.2, -0.15) is 0 Å². The van der Waals surface area contributed by atoms with E-state index in [-0.39, 0.29) is 6.54 Å². The van der Waals surface area contributed by atoms with E-state index in [1.54, 1.807) is 31.2 Å². The van der Waals surface area contributed by atoms with Gasteiger partial charge in [0.05, 0.1) is 18.1 Å². The number of hydrogen-bond acceptors (Lipinski definition) is 4. The van der Waals surface area contributed by atoms with E-state index in [9.17, 15) is 14.4 Å². The minimum atomic E-state index is -0.960. The lowest BCUT2D eigenvalue weighted by Gasteiger charge is -2.20. The molecule has 0 saturated heterocycles. The van der Waals surface area contributed by atoms with Crippen LogP contribution >= 0.6 is 0 Å². The molecule has 1 aromatic rings. The number of carbonyl (C=O) groups excluding carboxylic acids is 2. The van der Waals surface area contributed by atoms with Crippen molar-refractivity contribution in [3.05, 3.63) is 29.8 Å². The number of rotatable bonds is 6. The summed E-state index contributed by atoms with van der Waals surface area (Å²) < 4.78 is 4.86. The first-order chi connectivity index (χ1) is 10.3. The molecule has 1 rings (SSSR count). The average molecular weight is 308 g/mol. The van der Waals surface area contributed by atoms with E-state index in [4.69, 9.17) is 9.84 Å². The second kappa shape index (κ2) is 8.02. The summed E-state index contributed by atoms with van der Waals surface area (Å²) in [6.07, 6.45) is 0. The van der Waals surface area contributed by atoms with Crippen LogP contribution in [0.15, 0.2) is 24.3 Å². The number of amides is 2. The Morgan fingerprint density at radius 2 is 1.86 bits per heavy atom. The summed E-state index contributed by atoms with van der Waals surface area (Å²) in [5.41, 5.74) is 0.903. The molecule has 2 N–H and O–H groups in total. The van der Waals surface area contributed by atoms with Crippen molar-refractivity contribution in [1.29, 1.82) is 0 Å². The molecule has 120 valence electrons. The Morgan fingerprint density at radius 3 is 2.36 bits per heavy atom. The highest BCUT2D eigenvalue weighted by Crippen LogP contribution is 2.11. The summed E-state index contributed by atoms with van der Waals surface area (Å²) in [6, 6.07) is 5.84. The van der Waals surface area contributed by atoms with Crippen LogP contribution in [0, 0.1) is 5.92 Å². The van der Waals surface area contributed by atoms with E-state index < -0.39 is 23.9 Å². The van der Waals surface area contributed by atoms with Crippen molar-refractivity contribution in [2.45, 2.75) is 13.8 Å². The molecule has 1 unspecified atom stereocenters. The zero-order valence-corrected chi connectivity index (χ0v) is 12.8. The molecule has 1 aromatic carbocycles. The number of esters is 1. The Hall–Kier alpha value is -2.57. The fourth-order valence-electron chi connectivity index (χ4n) is 1.69. The molecule has 7 heteroatoms. The van der Waals surface area contributed by atoms with Crippen LogP contribution in [0.25, 0.3) is 0 Å². The molecule has 0 spiro atoms. The maximum absolute atomic E-state index is 11.9. The first kappa shape index (κ1) is 17.5. The molecule has 0 fully saturated rings. The van der Waals surface area contributed by atoms with Crippen molar-refractivity contribution in [2.24, 2.45) is 5.92 Å². The molecule has 0 saturated carbocycles. The van der Waals surface area contributed by atoms with Crippen LogP contribution in [-0.2, 0) is 9.53 Å². The van der Waals surface area contributed by atoms with Gasteiger partial charge in [0.15, 0.2) is 0 Å². The summed E-state index contributed by atoms with van der Waals surface area (Å²) >= 11 is 0. The molecule has 1 atom stereocenters. The number of nitrogens with one attached hydrogen (secondary N) is 1. The number of benzene rings is 1. The van der Waals surface area contributed by atoms with Crippen LogP contribution in [0.4, 0.5) is 10.5 Å². The fraction of sp³-hybridized carbons (Fsp3) is 0.400. The Balaban J connectivity index is 2.61. The van der Waals surface area contributed by atoms with Crippen molar-refractivity contribution in [3.63, 3.8) is 0 Å². The molecule has 0 aliphatic carbocycles. The lowest BCUT2D eigenvalue weighted by atomic mass is 10.2. The standard InChI is InChI=1S/C15H20N2O5/c1-4-22-14(20)11-5-7-12(8-6-11)16-15(21)17(3)9-10(2)13(18)19/h5-8,10H,4,9H2,1-3H3,(H,16,21)(H,18,19). The third-order valence-electron chi connectivity index (χ3n) is 2.96. The minimum Gasteiger partial charge on any atom is -0.481 e. The van der Waals surface area contributed by atoms with Crippen molar-refractivity contribution in [2.75, 3.05) is 25.5 Å². The van der Waals surface area contributed by atoms with Gasteiger partial charge in [0, 0.05) is 19.3 Å². The predicted octanol–water partition coefficient (Wildman–Crippen LogP) is 2.05. The molecular formula is C15H20N2O5. The summed E-state index contributed by atoms with van der Waals surface area (Å²) in [7, 11) is 1.52. The highest BCUT2D eigenvalue weighted by molar-refractivity contribution is 5.92. The molecule has 2 amide bonds. The quantitative estimate of drug-likeness (QED) is 0.784. The fourth-order valence-corrected chi connectivity index (χ4v) is 1.69.